The minimum absolute atomic E-state index is 0.0157. The number of phosphoric acid groups is 3. The number of aliphatic hydroxyl groups excluding tert-OH is 2. The van der Waals surface area contributed by atoms with E-state index < -0.39 is 59.7 Å². The first-order valence-corrected chi connectivity index (χ1v) is 14.0. The highest BCUT2D eigenvalue weighted by Crippen LogP contribution is 2.66. The van der Waals surface area contributed by atoms with Crippen LogP contribution in [-0.2, 0) is 37.3 Å². The van der Waals surface area contributed by atoms with E-state index in [9.17, 15) is 38.5 Å². The number of ether oxygens (including phenoxy) is 1. The Morgan fingerprint density at radius 2 is 1.86 bits per heavy atom. The lowest BCUT2D eigenvalue weighted by Gasteiger charge is -2.32. The van der Waals surface area contributed by atoms with Crippen LogP contribution in [0.15, 0.2) is 29.6 Å². The number of allylic oxidation sites excluding steroid dienone is 1. The van der Waals surface area contributed by atoms with E-state index in [2.05, 4.69) is 28.1 Å². The Balaban J connectivity index is 1.86. The molecule has 3 heterocycles. The van der Waals surface area contributed by atoms with Crippen molar-refractivity contribution in [1.82, 2.24) is 19.5 Å². The van der Waals surface area contributed by atoms with Crippen molar-refractivity contribution in [2.45, 2.75) is 37.4 Å². The largest absolute Gasteiger partial charge is 0.490 e. The molecule has 0 aliphatic carbocycles. The van der Waals surface area contributed by atoms with E-state index in [-0.39, 0.29) is 17.6 Å². The van der Waals surface area contributed by atoms with Crippen LogP contribution >= 0.6 is 23.5 Å². The van der Waals surface area contributed by atoms with E-state index >= 15 is 0 Å². The van der Waals surface area contributed by atoms with Gasteiger partial charge in [-0.05, 0) is 6.92 Å². The molecule has 196 valence electrons. The van der Waals surface area contributed by atoms with Gasteiger partial charge in [-0.1, -0.05) is 12.2 Å². The van der Waals surface area contributed by atoms with Crippen LogP contribution in [0.5, 0.6) is 0 Å². The van der Waals surface area contributed by atoms with Gasteiger partial charge in [-0.3, -0.25) is 13.9 Å². The molecule has 0 saturated carbocycles. The van der Waals surface area contributed by atoms with Crippen molar-refractivity contribution in [2.75, 3.05) is 6.61 Å². The van der Waals surface area contributed by atoms with Gasteiger partial charge in [0.25, 0.3) is 5.56 Å². The third-order valence-corrected chi connectivity index (χ3v) is 8.54. The van der Waals surface area contributed by atoms with Gasteiger partial charge in [-0.2, -0.15) is 8.62 Å². The highest BCUT2D eigenvalue weighted by molar-refractivity contribution is 7.66. The molecule has 2 unspecified atom stereocenters. The number of aliphatic hydroxyl groups is 2. The molecule has 2 aromatic heterocycles. The van der Waals surface area contributed by atoms with Crippen LogP contribution in [0.2, 0.25) is 0 Å². The van der Waals surface area contributed by atoms with Gasteiger partial charge in [0.1, 0.15) is 18.3 Å². The minimum atomic E-state index is -5.75. The summed E-state index contributed by atoms with van der Waals surface area (Å²) in [6.07, 6.45) is 0.211. The molecule has 7 N–H and O–H groups in total. The molecule has 1 fully saturated rings. The Hall–Kier alpha value is -1.62. The molecule has 6 atom stereocenters. The Bertz CT molecular complexity index is 1300. The molecule has 1 aliphatic rings. The second-order valence-electron chi connectivity index (χ2n) is 7.11. The van der Waals surface area contributed by atoms with E-state index in [0.29, 0.717) is 0 Å². The fraction of sp³-hybridized carbons (Fsp3) is 0.500. The molecular formula is C14H21N4O14P3. The second kappa shape index (κ2) is 10.0. The summed E-state index contributed by atoms with van der Waals surface area (Å²) in [5, 5.41) is 21.4. The first-order valence-electron chi connectivity index (χ1n) is 9.45. The number of hydrogen-bond acceptors (Lipinski definition) is 12. The summed E-state index contributed by atoms with van der Waals surface area (Å²) in [4.78, 5) is 58.3. The van der Waals surface area contributed by atoms with Crippen LogP contribution in [0.4, 0.5) is 0 Å². The van der Waals surface area contributed by atoms with Gasteiger partial charge in [0.05, 0.1) is 19.3 Å². The lowest BCUT2D eigenvalue weighted by Crippen LogP contribution is -2.45. The first kappa shape index (κ1) is 28.0. The highest BCUT2D eigenvalue weighted by atomic mass is 31.3. The average molecular weight is 562 g/mol. The van der Waals surface area contributed by atoms with Crippen LogP contribution in [0.1, 0.15) is 13.3 Å². The Morgan fingerprint density at radius 1 is 1.17 bits per heavy atom. The van der Waals surface area contributed by atoms with Crippen LogP contribution in [0, 0.1) is 0 Å². The van der Waals surface area contributed by atoms with Gasteiger partial charge in [0.15, 0.2) is 16.9 Å². The smallest absolute Gasteiger partial charge is 0.387 e. The lowest BCUT2D eigenvalue weighted by atomic mass is 9.98. The quantitative estimate of drug-likeness (QED) is 0.138. The molecule has 0 amide bonds. The minimum Gasteiger partial charge on any atom is -0.387 e. The van der Waals surface area contributed by atoms with Gasteiger partial charge < -0.3 is 39.5 Å². The normalized spacial score (nSPS) is 28.9. The molecule has 0 spiro atoms. The number of nitrogens with zero attached hydrogens (tertiary/aromatic N) is 3. The first-order chi connectivity index (χ1) is 16.1. The summed E-state index contributed by atoms with van der Waals surface area (Å²) < 4.78 is 52.9. The van der Waals surface area contributed by atoms with Crippen molar-refractivity contribution in [1.29, 1.82) is 0 Å². The molecule has 18 nitrogen and oxygen atoms in total. The summed E-state index contributed by atoms with van der Waals surface area (Å²) in [5.41, 5.74) is -2.54. The third kappa shape index (κ3) is 6.21. The predicted octanol–water partition coefficient (Wildman–Crippen LogP) is -0.798. The topological polar surface area (TPSA) is 273 Å². The van der Waals surface area contributed by atoms with Gasteiger partial charge in [0, 0.05) is 6.42 Å². The van der Waals surface area contributed by atoms with Gasteiger partial charge >= 0.3 is 23.5 Å². The maximum Gasteiger partial charge on any atom is 0.490 e. The lowest BCUT2D eigenvalue weighted by molar-refractivity contribution is -0.142. The van der Waals surface area contributed by atoms with E-state index in [0.717, 1.165) is 12.7 Å². The summed E-state index contributed by atoms with van der Waals surface area (Å²) >= 11 is 0. The van der Waals surface area contributed by atoms with E-state index in [4.69, 9.17) is 14.5 Å². The molecule has 0 aromatic carbocycles. The number of aromatic amines is 1. The maximum absolute atomic E-state index is 12.0. The molecule has 3 rings (SSSR count). The summed E-state index contributed by atoms with van der Waals surface area (Å²) in [6.45, 7) is 0.646. The molecule has 1 aliphatic heterocycles. The van der Waals surface area contributed by atoms with Crippen LogP contribution in [0.3, 0.4) is 0 Å². The summed E-state index contributed by atoms with van der Waals surface area (Å²) in [7, 11) is -16.8. The van der Waals surface area contributed by atoms with Crippen molar-refractivity contribution in [2.24, 2.45) is 0 Å². The zero-order valence-corrected chi connectivity index (χ0v) is 20.3. The van der Waals surface area contributed by atoms with E-state index in [1.54, 1.807) is 19.1 Å². The fourth-order valence-electron chi connectivity index (χ4n) is 3.35. The number of aromatic nitrogens is 4. The molecule has 35 heavy (non-hydrogen) atoms. The molecule has 1 saturated heterocycles. The van der Waals surface area contributed by atoms with Crippen molar-refractivity contribution in [3.8, 4) is 0 Å². The summed E-state index contributed by atoms with van der Waals surface area (Å²) in [6, 6.07) is 0. The standard InChI is InChI=1S/C14H21N4O14P3/c1-2-3-4-14(18-7-17-9-12(18)15-6-16-13(9)21)11(20)10(19)8(30-14)5-29-34(25,26)32-35(27,28)31-33(22,23)24/h2-3,6-8,10-11,19-20H,4-5H2,1H3,(H,25,26)(H,27,28)(H,15,16,21)(H2,22,23,24)/t8-,10-,11-,14-/m1/s1. The van der Waals surface area contributed by atoms with Gasteiger partial charge in [-0.15, -0.1) is 0 Å². The second-order valence-corrected chi connectivity index (χ2v) is 11.5. The Kier molecular flexibility index (Phi) is 8.01. The zero-order chi connectivity index (χ0) is 26.2. The predicted molar refractivity (Wildman–Crippen MR) is 112 cm³/mol. The third-order valence-electron chi connectivity index (χ3n) is 4.73. The van der Waals surface area contributed by atoms with Crippen LogP contribution < -0.4 is 5.56 Å². The van der Waals surface area contributed by atoms with Crippen LogP contribution in [-0.4, -0.2) is 74.2 Å². The Labute approximate surface area is 195 Å². The number of nitrogens with one attached hydrogen (secondary N) is 1. The number of fused-ring (bicyclic) bond motifs is 1. The van der Waals surface area contributed by atoms with Crippen molar-refractivity contribution in [3.63, 3.8) is 0 Å². The molecular weight excluding hydrogens is 541 g/mol. The number of hydrogen-bond donors (Lipinski definition) is 7. The molecule has 21 heteroatoms. The van der Waals surface area contributed by atoms with Crippen molar-refractivity contribution < 1.29 is 61.4 Å². The molecule has 0 radical (unpaired) electrons. The summed E-state index contributed by atoms with van der Waals surface area (Å²) in [5.74, 6) is 0. The van der Waals surface area contributed by atoms with E-state index in [1.807, 2.05) is 0 Å². The van der Waals surface area contributed by atoms with Crippen molar-refractivity contribution in [3.05, 3.63) is 35.2 Å². The average Bonchev–Trinajstić information content (AvgIpc) is 3.25. The fourth-order valence-corrected chi connectivity index (χ4v) is 6.38. The number of H-pyrrole nitrogens is 1. The zero-order valence-electron chi connectivity index (χ0n) is 17.6. The van der Waals surface area contributed by atoms with Gasteiger partial charge in [-0.25, -0.2) is 23.7 Å². The Morgan fingerprint density at radius 3 is 2.49 bits per heavy atom. The van der Waals surface area contributed by atoms with E-state index in [1.165, 1.54) is 4.57 Å². The van der Waals surface area contributed by atoms with Crippen LogP contribution in [0.25, 0.3) is 11.2 Å². The van der Waals surface area contributed by atoms with Crippen molar-refractivity contribution >= 4 is 34.6 Å². The maximum atomic E-state index is 12.0. The highest BCUT2D eigenvalue weighted by Gasteiger charge is 2.56. The molecule has 0 bridgehead atoms. The number of rotatable bonds is 10. The SMILES string of the molecule is CC=CC[C@@]1(n2cnc3c(=O)[nH]cnc32)O[C@H](COP(=O)(O)OP(=O)(O)OP(=O)(O)O)[C@@H](O)[C@H]1O. The number of imidazole rings is 1. The monoisotopic (exact) mass is 562 g/mol. The molecule has 2 aromatic rings. The number of phosphoric ester groups is 1. The van der Waals surface area contributed by atoms with Gasteiger partial charge in [0.2, 0.25) is 0 Å².